The monoisotopic (exact) mass is 462 g/mol. The van der Waals surface area contributed by atoms with Crippen LogP contribution in [0.3, 0.4) is 0 Å². The van der Waals surface area contributed by atoms with Crippen molar-refractivity contribution in [3.63, 3.8) is 0 Å². The molecule has 32 heavy (non-hydrogen) atoms. The third-order valence-corrected chi connectivity index (χ3v) is 7.10. The summed E-state index contributed by atoms with van der Waals surface area (Å²) in [6.45, 7) is 3.32. The van der Waals surface area contributed by atoms with Crippen LogP contribution in [0.1, 0.15) is 30.9 Å². The number of alkyl halides is 3. The Morgan fingerprint density at radius 1 is 1.28 bits per heavy atom. The molecule has 2 aromatic heterocycles. The summed E-state index contributed by atoms with van der Waals surface area (Å²) in [6, 6.07) is 7.46. The van der Waals surface area contributed by atoms with Gasteiger partial charge < -0.3 is 4.57 Å². The van der Waals surface area contributed by atoms with Crippen LogP contribution in [-0.2, 0) is 16.6 Å². The molecule has 0 aliphatic heterocycles. The summed E-state index contributed by atoms with van der Waals surface area (Å²) >= 11 is 0. The highest BCUT2D eigenvalue weighted by Crippen LogP contribution is 2.38. The van der Waals surface area contributed by atoms with Gasteiger partial charge in [0.25, 0.3) is 0 Å². The highest BCUT2D eigenvalue weighted by atomic mass is 32.2. The summed E-state index contributed by atoms with van der Waals surface area (Å²) < 4.78 is 66.7. The van der Waals surface area contributed by atoms with E-state index in [1.807, 2.05) is 17.6 Å². The minimum absolute atomic E-state index is 0.283. The largest absolute Gasteiger partial charge is 0.404 e. The molecule has 0 spiro atoms. The van der Waals surface area contributed by atoms with Crippen molar-refractivity contribution >= 4 is 21.1 Å². The molecule has 0 amide bonds. The maximum atomic E-state index is 12.8. The van der Waals surface area contributed by atoms with Gasteiger partial charge in [-0.3, -0.25) is 0 Å². The van der Waals surface area contributed by atoms with Crippen molar-refractivity contribution in [2.75, 3.05) is 0 Å². The van der Waals surface area contributed by atoms with Crippen LogP contribution in [0.4, 0.5) is 13.2 Å². The molecule has 1 aromatic carbocycles. The molecule has 1 aliphatic carbocycles. The van der Waals surface area contributed by atoms with Crippen molar-refractivity contribution in [1.82, 2.24) is 14.3 Å². The van der Waals surface area contributed by atoms with Crippen molar-refractivity contribution in [3.05, 3.63) is 47.7 Å². The standard InChI is InChI=1S/C22H21F3N4O2S/c1-13-9-18-19(10-26)20(29(12-15-3-4-15)21(18)27-11-13)16-5-7-17(8-6-16)32(30,31)28-14(2)22(23,24)25/h5-9,11,14-15,28H,3-4,12H2,1-2H3. The van der Waals surface area contributed by atoms with E-state index in [-0.39, 0.29) is 4.90 Å². The zero-order valence-electron chi connectivity index (χ0n) is 17.4. The molecule has 168 valence electrons. The predicted molar refractivity (Wildman–Crippen MR) is 113 cm³/mol. The van der Waals surface area contributed by atoms with E-state index in [2.05, 4.69) is 11.1 Å². The molecule has 4 rings (SSSR count). The van der Waals surface area contributed by atoms with E-state index in [4.69, 9.17) is 0 Å². The minimum Gasteiger partial charge on any atom is -0.324 e. The highest BCUT2D eigenvalue weighted by molar-refractivity contribution is 7.89. The normalized spacial score (nSPS) is 15.6. The number of aryl methyl sites for hydroxylation is 1. The average molecular weight is 462 g/mol. The molecule has 1 aliphatic rings. The molecule has 1 unspecified atom stereocenters. The van der Waals surface area contributed by atoms with Gasteiger partial charge in [0, 0.05) is 18.1 Å². The number of rotatable bonds is 6. The lowest BCUT2D eigenvalue weighted by Crippen LogP contribution is -2.42. The van der Waals surface area contributed by atoms with E-state index < -0.39 is 22.2 Å². The molecule has 3 aromatic rings. The number of sulfonamides is 1. The summed E-state index contributed by atoms with van der Waals surface area (Å²) in [6.07, 6.45) is -0.774. The minimum atomic E-state index is -4.69. The topological polar surface area (TPSA) is 87.8 Å². The molecule has 10 heteroatoms. The van der Waals surface area contributed by atoms with Crippen LogP contribution in [0.25, 0.3) is 22.3 Å². The molecule has 0 radical (unpaired) electrons. The SMILES string of the molecule is Cc1cnc2c(c1)c(C#N)c(-c1ccc(S(=O)(=O)NC(C)C(F)(F)F)cc1)n2CC1CC1. The molecular weight excluding hydrogens is 441 g/mol. The first-order chi connectivity index (χ1) is 15.0. The number of hydrogen-bond donors (Lipinski definition) is 1. The molecule has 1 saturated carbocycles. The van der Waals surface area contributed by atoms with Gasteiger partial charge in [0.2, 0.25) is 10.0 Å². The molecule has 2 heterocycles. The number of pyridine rings is 1. The second-order valence-corrected chi connectivity index (χ2v) is 9.90. The third-order valence-electron chi connectivity index (χ3n) is 5.55. The maximum absolute atomic E-state index is 12.8. The van der Waals surface area contributed by atoms with Crippen molar-refractivity contribution < 1.29 is 21.6 Å². The Kier molecular flexibility index (Phi) is 5.51. The smallest absolute Gasteiger partial charge is 0.324 e. The van der Waals surface area contributed by atoms with Gasteiger partial charge in [-0.05, 0) is 61.9 Å². The Balaban J connectivity index is 1.77. The van der Waals surface area contributed by atoms with Crippen molar-refractivity contribution in [1.29, 1.82) is 5.26 Å². The van der Waals surface area contributed by atoms with E-state index in [0.29, 0.717) is 34.9 Å². The number of halogens is 3. The lowest BCUT2D eigenvalue weighted by molar-refractivity contribution is -0.147. The van der Waals surface area contributed by atoms with Crippen molar-refractivity contribution in [2.45, 2.75) is 50.3 Å². The van der Waals surface area contributed by atoms with Gasteiger partial charge in [0.1, 0.15) is 17.8 Å². The third kappa shape index (κ3) is 4.23. The first-order valence-electron chi connectivity index (χ1n) is 10.1. The van der Waals surface area contributed by atoms with E-state index in [1.165, 1.54) is 24.3 Å². The van der Waals surface area contributed by atoms with Gasteiger partial charge in [0.15, 0.2) is 0 Å². The number of benzene rings is 1. The van der Waals surface area contributed by atoms with Gasteiger partial charge in [-0.15, -0.1) is 0 Å². The molecule has 0 saturated heterocycles. The zero-order chi connectivity index (χ0) is 23.3. The lowest BCUT2D eigenvalue weighted by atomic mass is 10.1. The fourth-order valence-electron chi connectivity index (χ4n) is 3.64. The molecule has 6 nitrogen and oxygen atoms in total. The summed E-state index contributed by atoms with van der Waals surface area (Å²) in [4.78, 5) is 4.25. The van der Waals surface area contributed by atoms with Crippen LogP contribution in [0, 0.1) is 24.2 Å². The number of fused-ring (bicyclic) bond motifs is 1. The van der Waals surface area contributed by atoms with Gasteiger partial charge in [-0.25, -0.2) is 13.4 Å². The zero-order valence-corrected chi connectivity index (χ0v) is 18.3. The first kappa shape index (κ1) is 22.3. The van der Waals surface area contributed by atoms with Crippen LogP contribution in [0.5, 0.6) is 0 Å². The summed E-state index contributed by atoms with van der Waals surface area (Å²) in [7, 11) is -4.36. The number of hydrogen-bond acceptors (Lipinski definition) is 4. The summed E-state index contributed by atoms with van der Waals surface area (Å²) in [5.41, 5.74) is 3.27. The van der Waals surface area contributed by atoms with Gasteiger partial charge >= 0.3 is 6.18 Å². The second-order valence-electron chi connectivity index (χ2n) is 8.18. The van der Waals surface area contributed by atoms with E-state index in [1.54, 1.807) is 10.9 Å². The Morgan fingerprint density at radius 3 is 2.50 bits per heavy atom. The Labute approximate surface area is 183 Å². The Hall–Kier alpha value is -2.90. The van der Waals surface area contributed by atoms with Gasteiger partial charge in [-0.1, -0.05) is 12.1 Å². The fraction of sp³-hybridized carbons (Fsp3) is 0.364. The Bertz CT molecular complexity index is 1320. The number of nitrogens with zero attached hydrogens (tertiary/aromatic N) is 3. The number of nitrogens with one attached hydrogen (secondary N) is 1. The van der Waals surface area contributed by atoms with Crippen LogP contribution >= 0.6 is 0 Å². The quantitative estimate of drug-likeness (QED) is 0.583. The molecular formula is C22H21F3N4O2S. The molecule has 1 fully saturated rings. The molecule has 1 atom stereocenters. The van der Waals surface area contributed by atoms with Crippen LogP contribution in [-0.4, -0.2) is 30.2 Å². The number of aromatic nitrogens is 2. The van der Waals surface area contributed by atoms with Crippen LogP contribution < -0.4 is 4.72 Å². The summed E-state index contributed by atoms with van der Waals surface area (Å²) in [5, 5.41) is 10.6. The van der Waals surface area contributed by atoms with Crippen LogP contribution in [0.2, 0.25) is 0 Å². The fourth-order valence-corrected chi connectivity index (χ4v) is 4.87. The molecule has 0 bridgehead atoms. The van der Waals surface area contributed by atoms with Gasteiger partial charge in [-0.2, -0.15) is 23.2 Å². The van der Waals surface area contributed by atoms with E-state index in [9.17, 15) is 26.9 Å². The lowest BCUT2D eigenvalue weighted by Gasteiger charge is -2.17. The Morgan fingerprint density at radius 2 is 1.94 bits per heavy atom. The average Bonchev–Trinajstić information content (AvgIpc) is 3.48. The van der Waals surface area contributed by atoms with E-state index >= 15 is 0 Å². The first-order valence-corrected chi connectivity index (χ1v) is 11.6. The highest BCUT2D eigenvalue weighted by Gasteiger charge is 2.39. The summed E-state index contributed by atoms with van der Waals surface area (Å²) in [5.74, 6) is 0.492. The number of nitriles is 1. The maximum Gasteiger partial charge on any atom is 0.404 e. The van der Waals surface area contributed by atoms with Gasteiger partial charge in [0.05, 0.1) is 16.2 Å². The second kappa shape index (κ2) is 7.90. The van der Waals surface area contributed by atoms with Crippen molar-refractivity contribution in [2.24, 2.45) is 5.92 Å². The van der Waals surface area contributed by atoms with E-state index in [0.717, 1.165) is 30.7 Å². The predicted octanol–water partition coefficient (Wildman–Crippen LogP) is 4.52. The molecule has 1 N–H and O–H groups in total. The van der Waals surface area contributed by atoms with Crippen molar-refractivity contribution in [3.8, 4) is 17.3 Å². The van der Waals surface area contributed by atoms with Crippen LogP contribution in [0.15, 0.2) is 41.4 Å².